The van der Waals surface area contributed by atoms with Crippen LogP contribution >= 0.6 is 0 Å². The Morgan fingerprint density at radius 2 is 1.37 bits per heavy atom. The highest BCUT2D eigenvalue weighted by Crippen LogP contribution is 2.27. The molecule has 140 valence electrons. The van der Waals surface area contributed by atoms with Crippen LogP contribution < -0.4 is 0 Å². The minimum Gasteiger partial charge on any atom is -0.339 e. The van der Waals surface area contributed by atoms with E-state index in [4.69, 9.17) is 0 Å². The van der Waals surface area contributed by atoms with Crippen LogP contribution in [0.15, 0.2) is 54.6 Å². The molecule has 2 aromatic rings. The van der Waals surface area contributed by atoms with Crippen LogP contribution in [0.3, 0.4) is 0 Å². The first kappa shape index (κ1) is 17.8. The summed E-state index contributed by atoms with van der Waals surface area (Å²) in [6.07, 6.45) is 4.41. The van der Waals surface area contributed by atoms with Gasteiger partial charge in [-0.2, -0.15) is 0 Å². The van der Waals surface area contributed by atoms with E-state index < -0.39 is 0 Å². The van der Waals surface area contributed by atoms with Gasteiger partial charge in [0, 0.05) is 37.7 Å². The van der Waals surface area contributed by atoms with Crippen molar-refractivity contribution in [2.24, 2.45) is 5.92 Å². The van der Waals surface area contributed by atoms with E-state index in [1.54, 1.807) is 0 Å². The van der Waals surface area contributed by atoms with Crippen LogP contribution in [0.25, 0.3) is 11.1 Å². The number of amides is 2. The molecule has 2 fully saturated rings. The fourth-order valence-electron chi connectivity index (χ4n) is 4.21. The molecule has 0 spiro atoms. The summed E-state index contributed by atoms with van der Waals surface area (Å²) in [7, 11) is 0. The fourth-order valence-corrected chi connectivity index (χ4v) is 4.21. The number of benzene rings is 2. The Morgan fingerprint density at radius 3 is 2.07 bits per heavy atom. The van der Waals surface area contributed by atoms with Crippen molar-refractivity contribution in [3.05, 3.63) is 60.2 Å². The summed E-state index contributed by atoms with van der Waals surface area (Å²) in [6, 6.07) is 17.9. The Balaban J connectivity index is 1.40. The molecule has 0 aromatic heterocycles. The van der Waals surface area contributed by atoms with Gasteiger partial charge in [-0.15, -0.1) is 0 Å². The summed E-state index contributed by atoms with van der Waals surface area (Å²) >= 11 is 0. The van der Waals surface area contributed by atoms with E-state index in [0.717, 1.165) is 24.0 Å². The highest BCUT2D eigenvalue weighted by Gasteiger charge is 2.30. The molecule has 1 saturated carbocycles. The highest BCUT2D eigenvalue weighted by molar-refractivity contribution is 5.95. The summed E-state index contributed by atoms with van der Waals surface area (Å²) in [6.45, 7) is 2.54. The van der Waals surface area contributed by atoms with Crippen molar-refractivity contribution < 1.29 is 9.59 Å². The van der Waals surface area contributed by atoms with E-state index in [2.05, 4.69) is 12.1 Å². The quantitative estimate of drug-likeness (QED) is 0.833. The van der Waals surface area contributed by atoms with Crippen molar-refractivity contribution >= 4 is 11.8 Å². The third-order valence-electron chi connectivity index (χ3n) is 5.80. The molecule has 2 amide bonds. The molecule has 0 radical (unpaired) electrons. The number of hydrogen-bond acceptors (Lipinski definition) is 2. The lowest BCUT2D eigenvalue weighted by Gasteiger charge is -2.36. The topological polar surface area (TPSA) is 40.6 Å². The van der Waals surface area contributed by atoms with Crippen LogP contribution in [0.2, 0.25) is 0 Å². The highest BCUT2D eigenvalue weighted by atomic mass is 16.2. The summed E-state index contributed by atoms with van der Waals surface area (Å²) in [5.74, 6) is 0.571. The van der Waals surface area contributed by atoms with Crippen LogP contribution in [0, 0.1) is 5.92 Å². The van der Waals surface area contributed by atoms with Crippen LogP contribution in [-0.4, -0.2) is 47.8 Å². The maximum atomic E-state index is 12.9. The molecule has 4 nitrogen and oxygen atoms in total. The number of carbonyl (C=O) groups excluding carboxylic acids is 2. The molecule has 0 N–H and O–H groups in total. The standard InChI is InChI=1S/C23H26N2O2/c26-22(19-9-4-5-10-19)24-13-15-25(16-14-24)23(27)21-12-6-11-20(17-21)18-7-2-1-3-8-18/h1-3,6-8,11-12,17,19H,4-5,9-10,13-16H2. The summed E-state index contributed by atoms with van der Waals surface area (Å²) in [4.78, 5) is 29.3. The Labute approximate surface area is 160 Å². The van der Waals surface area contributed by atoms with Crippen molar-refractivity contribution in [1.82, 2.24) is 9.80 Å². The number of rotatable bonds is 3. The van der Waals surface area contributed by atoms with Gasteiger partial charge in [0.2, 0.25) is 5.91 Å². The van der Waals surface area contributed by atoms with Crippen LogP contribution in [-0.2, 0) is 4.79 Å². The minimum atomic E-state index is 0.0562. The van der Waals surface area contributed by atoms with Crippen molar-refractivity contribution in [3.63, 3.8) is 0 Å². The van der Waals surface area contributed by atoms with Gasteiger partial charge in [0.05, 0.1) is 0 Å². The third kappa shape index (κ3) is 3.90. The number of hydrogen-bond donors (Lipinski definition) is 0. The van der Waals surface area contributed by atoms with Crippen molar-refractivity contribution in [2.75, 3.05) is 26.2 Å². The summed E-state index contributed by atoms with van der Waals surface area (Å²) < 4.78 is 0. The van der Waals surface area contributed by atoms with Crippen LogP contribution in [0.4, 0.5) is 0 Å². The lowest BCUT2D eigenvalue weighted by molar-refractivity contribution is -0.136. The van der Waals surface area contributed by atoms with Crippen molar-refractivity contribution in [3.8, 4) is 11.1 Å². The van der Waals surface area contributed by atoms with E-state index >= 15 is 0 Å². The largest absolute Gasteiger partial charge is 0.339 e. The molecule has 4 heteroatoms. The van der Waals surface area contributed by atoms with Gasteiger partial charge in [-0.25, -0.2) is 0 Å². The predicted molar refractivity (Wildman–Crippen MR) is 106 cm³/mol. The van der Waals surface area contributed by atoms with Gasteiger partial charge in [-0.1, -0.05) is 55.3 Å². The second-order valence-corrected chi connectivity index (χ2v) is 7.55. The van der Waals surface area contributed by atoms with E-state index in [1.165, 1.54) is 12.8 Å². The van der Waals surface area contributed by atoms with E-state index in [0.29, 0.717) is 37.6 Å². The summed E-state index contributed by atoms with van der Waals surface area (Å²) in [5.41, 5.74) is 2.88. The molecule has 0 bridgehead atoms. The molecule has 27 heavy (non-hydrogen) atoms. The normalized spacial score (nSPS) is 17.9. The lowest BCUT2D eigenvalue weighted by atomic mass is 10.0. The SMILES string of the molecule is O=C(c1cccc(-c2ccccc2)c1)N1CCN(C(=O)C2CCCC2)CC1. The van der Waals surface area contributed by atoms with Crippen molar-refractivity contribution in [2.45, 2.75) is 25.7 Å². The molecule has 0 atom stereocenters. The zero-order valence-corrected chi connectivity index (χ0v) is 15.6. The predicted octanol–water partition coefficient (Wildman–Crippen LogP) is 3.83. The molecule has 4 rings (SSSR count). The lowest BCUT2D eigenvalue weighted by Crippen LogP contribution is -2.51. The van der Waals surface area contributed by atoms with Gasteiger partial charge in [0.1, 0.15) is 0 Å². The Morgan fingerprint density at radius 1 is 0.741 bits per heavy atom. The zero-order valence-electron chi connectivity index (χ0n) is 15.6. The van der Waals surface area contributed by atoms with Gasteiger partial charge < -0.3 is 9.80 Å². The van der Waals surface area contributed by atoms with Crippen LogP contribution in [0.1, 0.15) is 36.0 Å². The zero-order chi connectivity index (χ0) is 18.6. The Kier molecular flexibility index (Phi) is 5.23. The third-order valence-corrected chi connectivity index (χ3v) is 5.80. The molecule has 2 aliphatic rings. The molecular weight excluding hydrogens is 336 g/mol. The van der Waals surface area contributed by atoms with E-state index in [9.17, 15) is 9.59 Å². The van der Waals surface area contributed by atoms with E-state index in [-0.39, 0.29) is 11.8 Å². The Bertz CT molecular complexity index is 804. The second kappa shape index (κ2) is 7.95. The van der Waals surface area contributed by atoms with Crippen molar-refractivity contribution in [1.29, 1.82) is 0 Å². The van der Waals surface area contributed by atoms with E-state index in [1.807, 2.05) is 52.3 Å². The maximum absolute atomic E-state index is 12.9. The first-order valence-electron chi connectivity index (χ1n) is 9.96. The second-order valence-electron chi connectivity index (χ2n) is 7.55. The smallest absolute Gasteiger partial charge is 0.253 e. The molecule has 1 saturated heterocycles. The first-order valence-corrected chi connectivity index (χ1v) is 9.96. The Hall–Kier alpha value is -2.62. The molecule has 1 heterocycles. The van der Waals surface area contributed by atoms with Gasteiger partial charge in [-0.3, -0.25) is 9.59 Å². The molecule has 1 aliphatic carbocycles. The van der Waals surface area contributed by atoms with Gasteiger partial charge in [-0.05, 0) is 36.1 Å². The minimum absolute atomic E-state index is 0.0562. The van der Waals surface area contributed by atoms with Gasteiger partial charge >= 0.3 is 0 Å². The summed E-state index contributed by atoms with van der Waals surface area (Å²) in [5, 5.41) is 0. The molecule has 0 unspecified atom stereocenters. The maximum Gasteiger partial charge on any atom is 0.253 e. The average molecular weight is 362 g/mol. The van der Waals surface area contributed by atoms with Crippen LogP contribution in [0.5, 0.6) is 0 Å². The van der Waals surface area contributed by atoms with Gasteiger partial charge in [0.15, 0.2) is 0 Å². The van der Waals surface area contributed by atoms with Gasteiger partial charge in [0.25, 0.3) is 5.91 Å². The number of piperazine rings is 1. The average Bonchev–Trinajstić information content (AvgIpc) is 3.28. The number of nitrogens with zero attached hydrogens (tertiary/aromatic N) is 2. The molecular formula is C23H26N2O2. The molecule has 2 aromatic carbocycles. The first-order chi connectivity index (χ1) is 13.2. The monoisotopic (exact) mass is 362 g/mol. The fraction of sp³-hybridized carbons (Fsp3) is 0.391. The number of carbonyl (C=O) groups is 2. The molecule has 1 aliphatic heterocycles.